The number of rotatable bonds is 1. The number of carbonyl (C=O) groups is 3. The summed E-state index contributed by atoms with van der Waals surface area (Å²) in [6, 6.07) is 2.47. The maximum atomic E-state index is 11.5. The van der Waals surface area contributed by atoms with E-state index in [1.54, 1.807) is 0 Å². The van der Waals surface area contributed by atoms with Gasteiger partial charge in [0.1, 0.15) is 5.75 Å². The van der Waals surface area contributed by atoms with Crippen LogP contribution < -0.4 is 10.6 Å². The molecule has 16 heavy (non-hydrogen) atoms. The highest BCUT2D eigenvalue weighted by Crippen LogP contribution is 2.34. The highest BCUT2D eigenvalue weighted by atomic mass is 16.3. The Morgan fingerprint density at radius 1 is 1.38 bits per heavy atom. The Labute approximate surface area is 90.3 Å². The first-order chi connectivity index (χ1) is 7.49. The summed E-state index contributed by atoms with van der Waals surface area (Å²) in [7, 11) is 0. The second kappa shape index (κ2) is 3.34. The van der Waals surface area contributed by atoms with Crippen molar-refractivity contribution in [1.29, 1.82) is 0 Å². The third-order valence-electron chi connectivity index (χ3n) is 2.12. The Morgan fingerprint density at radius 3 is 2.69 bits per heavy atom. The second-order valence-electron chi connectivity index (χ2n) is 3.38. The van der Waals surface area contributed by atoms with Crippen molar-refractivity contribution in [2.75, 3.05) is 10.6 Å². The molecule has 0 spiro atoms. The van der Waals surface area contributed by atoms with Crippen LogP contribution in [0.4, 0.5) is 11.4 Å². The molecule has 0 aliphatic carbocycles. The van der Waals surface area contributed by atoms with Gasteiger partial charge in [-0.3, -0.25) is 14.4 Å². The monoisotopic (exact) mass is 220 g/mol. The summed E-state index contributed by atoms with van der Waals surface area (Å²) in [6.07, 6.45) is 0. The zero-order chi connectivity index (χ0) is 11.9. The Balaban J connectivity index is 2.58. The Bertz CT molecular complexity index is 522. The molecule has 0 saturated heterocycles. The van der Waals surface area contributed by atoms with Gasteiger partial charge in [-0.1, -0.05) is 0 Å². The van der Waals surface area contributed by atoms with Crippen molar-refractivity contribution in [1.82, 2.24) is 0 Å². The summed E-state index contributed by atoms with van der Waals surface area (Å²) in [5.74, 6) is -2.02. The lowest BCUT2D eigenvalue weighted by molar-refractivity contribution is -0.114. The van der Waals surface area contributed by atoms with E-state index >= 15 is 0 Å². The molecule has 0 bridgehead atoms. The lowest BCUT2D eigenvalue weighted by Crippen LogP contribution is -2.14. The van der Waals surface area contributed by atoms with Crippen LogP contribution in [-0.4, -0.2) is 22.7 Å². The van der Waals surface area contributed by atoms with Gasteiger partial charge in [0.25, 0.3) is 11.7 Å². The third-order valence-corrected chi connectivity index (χ3v) is 2.12. The molecule has 6 heteroatoms. The molecule has 0 radical (unpaired) electrons. The SMILES string of the molecule is CC(=O)Nc1cc(O)cc2c1C(=O)C(=O)N2. The molecule has 1 aliphatic heterocycles. The molecule has 1 aromatic carbocycles. The minimum absolute atomic E-state index is 0.0815. The number of benzene rings is 1. The lowest BCUT2D eigenvalue weighted by atomic mass is 10.1. The number of amides is 2. The molecule has 0 unspecified atom stereocenters. The maximum Gasteiger partial charge on any atom is 0.296 e. The number of hydrogen-bond acceptors (Lipinski definition) is 4. The van der Waals surface area contributed by atoms with Crippen molar-refractivity contribution < 1.29 is 19.5 Å². The first-order valence-electron chi connectivity index (χ1n) is 4.49. The second-order valence-corrected chi connectivity index (χ2v) is 3.38. The number of ketones is 1. The summed E-state index contributed by atoms with van der Waals surface area (Å²) in [4.78, 5) is 33.5. The Kier molecular flexibility index (Phi) is 2.12. The summed E-state index contributed by atoms with van der Waals surface area (Å²) < 4.78 is 0. The molecule has 3 N–H and O–H groups in total. The maximum absolute atomic E-state index is 11.5. The number of nitrogens with one attached hydrogen (secondary N) is 2. The lowest BCUT2D eigenvalue weighted by Gasteiger charge is -2.07. The van der Waals surface area contributed by atoms with Gasteiger partial charge in [-0.05, 0) is 0 Å². The molecule has 1 aromatic rings. The van der Waals surface area contributed by atoms with E-state index in [1.165, 1.54) is 19.1 Å². The number of fused-ring (bicyclic) bond motifs is 1. The largest absolute Gasteiger partial charge is 0.508 e. The van der Waals surface area contributed by atoms with Gasteiger partial charge < -0.3 is 15.7 Å². The average Bonchev–Trinajstić information content (AvgIpc) is 2.40. The van der Waals surface area contributed by atoms with Crippen LogP contribution in [0.15, 0.2) is 12.1 Å². The zero-order valence-electron chi connectivity index (χ0n) is 8.33. The fourth-order valence-corrected chi connectivity index (χ4v) is 1.55. The van der Waals surface area contributed by atoms with Crippen LogP contribution in [0.3, 0.4) is 0 Å². The fraction of sp³-hybridized carbons (Fsp3) is 0.100. The van der Waals surface area contributed by atoms with Gasteiger partial charge >= 0.3 is 0 Å². The van der Waals surface area contributed by atoms with E-state index in [0.717, 1.165) is 0 Å². The summed E-state index contributed by atoms with van der Waals surface area (Å²) in [5.41, 5.74) is 0.419. The van der Waals surface area contributed by atoms with E-state index in [0.29, 0.717) is 0 Å². The number of aromatic hydroxyl groups is 1. The predicted octanol–water partition coefficient (Wildman–Crippen LogP) is 0.485. The summed E-state index contributed by atoms with van der Waals surface area (Å²) in [6.45, 7) is 1.27. The van der Waals surface area contributed by atoms with Crippen LogP contribution in [0.25, 0.3) is 0 Å². The van der Waals surface area contributed by atoms with E-state index in [1.807, 2.05) is 0 Å². The third kappa shape index (κ3) is 1.50. The van der Waals surface area contributed by atoms with E-state index in [9.17, 15) is 19.5 Å². The van der Waals surface area contributed by atoms with Crippen LogP contribution in [0.1, 0.15) is 17.3 Å². The van der Waals surface area contributed by atoms with Gasteiger partial charge in [0, 0.05) is 19.1 Å². The molecule has 2 amide bonds. The van der Waals surface area contributed by atoms with E-state index < -0.39 is 11.7 Å². The molecule has 0 aromatic heterocycles. The van der Waals surface area contributed by atoms with Crippen LogP contribution in [-0.2, 0) is 9.59 Å². The van der Waals surface area contributed by atoms with Crippen molar-refractivity contribution in [2.45, 2.75) is 6.92 Å². The highest BCUT2D eigenvalue weighted by Gasteiger charge is 2.31. The quantitative estimate of drug-likeness (QED) is 0.600. The molecule has 82 valence electrons. The minimum Gasteiger partial charge on any atom is -0.508 e. The summed E-state index contributed by atoms with van der Waals surface area (Å²) >= 11 is 0. The van der Waals surface area contributed by atoms with Crippen molar-refractivity contribution in [3.63, 3.8) is 0 Å². The normalized spacial score (nSPS) is 13.3. The van der Waals surface area contributed by atoms with Gasteiger partial charge in [0.15, 0.2) is 0 Å². The molecule has 1 aliphatic rings. The van der Waals surface area contributed by atoms with E-state index in [-0.39, 0.29) is 28.6 Å². The van der Waals surface area contributed by atoms with E-state index in [2.05, 4.69) is 10.6 Å². The van der Waals surface area contributed by atoms with Crippen LogP contribution in [0.5, 0.6) is 5.75 Å². The van der Waals surface area contributed by atoms with Crippen molar-refractivity contribution >= 4 is 29.0 Å². The van der Waals surface area contributed by atoms with Crippen molar-refractivity contribution in [3.05, 3.63) is 17.7 Å². The van der Waals surface area contributed by atoms with Gasteiger partial charge in [0.05, 0.1) is 16.9 Å². The molecule has 0 fully saturated rings. The predicted molar refractivity (Wildman–Crippen MR) is 55.4 cm³/mol. The Morgan fingerprint density at radius 2 is 2.06 bits per heavy atom. The van der Waals surface area contributed by atoms with Gasteiger partial charge in [0.2, 0.25) is 5.91 Å². The Hall–Kier alpha value is -2.37. The summed E-state index contributed by atoms with van der Waals surface area (Å²) in [5, 5.41) is 14.0. The van der Waals surface area contributed by atoms with Gasteiger partial charge in [-0.2, -0.15) is 0 Å². The zero-order valence-corrected chi connectivity index (χ0v) is 8.33. The minimum atomic E-state index is -0.771. The number of anilines is 2. The van der Waals surface area contributed by atoms with Gasteiger partial charge in [-0.15, -0.1) is 0 Å². The van der Waals surface area contributed by atoms with E-state index in [4.69, 9.17) is 0 Å². The van der Waals surface area contributed by atoms with Crippen molar-refractivity contribution in [2.24, 2.45) is 0 Å². The number of hydrogen-bond donors (Lipinski definition) is 3. The van der Waals surface area contributed by atoms with Crippen LogP contribution in [0.2, 0.25) is 0 Å². The fourth-order valence-electron chi connectivity index (χ4n) is 1.55. The molecule has 6 nitrogen and oxygen atoms in total. The van der Waals surface area contributed by atoms with Crippen molar-refractivity contribution in [3.8, 4) is 5.75 Å². The first-order valence-corrected chi connectivity index (χ1v) is 4.49. The topological polar surface area (TPSA) is 95.5 Å². The highest BCUT2D eigenvalue weighted by molar-refractivity contribution is 6.53. The average molecular weight is 220 g/mol. The molecule has 2 rings (SSSR count). The van der Waals surface area contributed by atoms with Crippen LogP contribution in [0, 0.1) is 0 Å². The molecular weight excluding hydrogens is 212 g/mol. The standard InChI is InChI=1S/C10H8N2O4/c1-4(13)11-6-2-5(14)3-7-8(6)9(15)10(16)12-7/h2-3,14H,1H3,(H,11,13)(H,12,15,16). The smallest absolute Gasteiger partial charge is 0.296 e. The number of carbonyl (C=O) groups excluding carboxylic acids is 3. The number of Topliss-reactive ketones (excluding diaryl/α,β-unsaturated/α-hetero) is 1. The molecule has 1 heterocycles. The molecule has 0 saturated carbocycles. The number of phenols is 1. The molecular formula is C10H8N2O4. The number of phenolic OH excluding ortho intramolecular Hbond substituents is 1. The molecule has 0 atom stereocenters. The van der Waals surface area contributed by atoms with Gasteiger partial charge in [-0.25, -0.2) is 0 Å². The first kappa shape index (κ1) is 10.2. The van der Waals surface area contributed by atoms with Crippen LogP contribution >= 0.6 is 0 Å².